The van der Waals surface area contributed by atoms with E-state index in [9.17, 15) is 18.4 Å². The van der Waals surface area contributed by atoms with Crippen LogP contribution in [0.25, 0.3) is 12.2 Å². The Morgan fingerprint density at radius 3 is 2.30 bits per heavy atom. The molecule has 1 aliphatic heterocycles. The monoisotopic (exact) mass is 543 g/mol. The number of halogens is 1. The first kappa shape index (κ1) is 28.2. The van der Waals surface area contributed by atoms with Crippen molar-refractivity contribution in [3.8, 4) is 5.75 Å². The largest absolute Gasteiger partial charge is 0.619 e. The average molecular weight is 544 g/mol. The summed E-state index contributed by atoms with van der Waals surface area (Å²) in [5.41, 5.74) is 1.59. The number of likely N-dealkylation sites (tertiary alicyclic amines) is 1. The predicted octanol–water partition coefficient (Wildman–Crippen LogP) is 4.13. The van der Waals surface area contributed by atoms with Gasteiger partial charge < -0.3 is 9.94 Å². The van der Waals surface area contributed by atoms with Crippen molar-refractivity contribution in [2.75, 3.05) is 31.0 Å². The van der Waals surface area contributed by atoms with E-state index < -0.39 is 15.9 Å². The Morgan fingerprint density at radius 2 is 1.65 bits per heavy atom. The van der Waals surface area contributed by atoms with Crippen LogP contribution in [-0.2, 0) is 14.8 Å². The van der Waals surface area contributed by atoms with Crippen LogP contribution >= 0.6 is 12.4 Å². The molecular weight excluding hydrogens is 514 g/mol. The molecule has 2 heterocycles. The number of aromatic nitrogens is 1. The van der Waals surface area contributed by atoms with Crippen LogP contribution in [-0.4, -0.2) is 46.0 Å². The third-order valence-corrected chi connectivity index (χ3v) is 7.82. The van der Waals surface area contributed by atoms with Gasteiger partial charge in [0.1, 0.15) is 5.75 Å². The number of amides is 1. The zero-order valence-corrected chi connectivity index (χ0v) is 22.2. The Kier molecular flexibility index (Phi) is 9.68. The number of hydrogen-bond donors (Lipinski definition) is 0. The number of methoxy groups -OCH3 is 1. The molecule has 3 aromatic rings. The van der Waals surface area contributed by atoms with Crippen LogP contribution in [0.15, 0.2) is 78.0 Å². The van der Waals surface area contributed by atoms with Gasteiger partial charge in [0.05, 0.1) is 24.2 Å². The molecular formula is C27H30ClN3O5S. The zero-order valence-electron chi connectivity index (χ0n) is 20.5. The van der Waals surface area contributed by atoms with E-state index in [2.05, 4.69) is 0 Å². The number of nitrogens with zero attached hydrogens (tertiary/aromatic N) is 3. The first-order chi connectivity index (χ1) is 17.4. The normalized spacial score (nSPS) is 14.2. The van der Waals surface area contributed by atoms with Gasteiger partial charge in [-0.25, -0.2) is 12.7 Å². The fourth-order valence-electron chi connectivity index (χ4n) is 4.16. The summed E-state index contributed by atoms with van der Waals surface area (Å²) in [7, 11) is -2.71. The Hall–Kier alpha value is -3.40. The molecule has 0 bridgehead atoms. The first-order valence-electron chi connectivity index (χ1n) is 11.8. The van der Waals surface area contributed by atoms with Crippen LogP contribution in [0.1, 0.15) is 30.4 Å². The molecule has 0 N–H and O–H groups in total. The van der Waals surface area contributed by atoms with Gasteiger partial charge in [0.15, 0.2) is 12.4 Å². The second-order valence-corrected chi connectivity index (χ2v) is 10.3. The number of pyridine rings is 1. The van der Waals surface area contributed by atoms with E-state index >= 15 is 0 Å². The van der Waals surface area contributed by atoms with E-state index in [1.54, 1.807) is 60.7 Å². The Bertz CT molecular complexity index is 1320. The molecule has 1 aliphatic rings. The Morgan fingerprint density at radius 1 is 1.00 bits per heavy atom. The molecule has 0 aliphatic carbocycles. The highest BCUT2D eigenvalue weighted by Gasteiger charge is 2.33. The molecule has 1 amide bonds. The Balaban J connectivity index is 0.00000380. The maximum absolute atomic E-state index is 13.9. The smallest absolute Gasteiger partial charge is 0.270 e. The number of hydrogen-bond acceptors (Lipinski definition) is 6. The molecule has 0 unspecified atom stereocenters. The highest BCUT2D eigenvalue weighted by atomic mass is 35.5. The van der Waals surface area contributed by atoms with Crippen LogP contribution in [0.4, 0.5) is 5.69 Å². The quantitative estimate of drug-likeness (QED) is 0.313. The minimum atomic E-state index is -4.22. The zero-order chi connectivity index (χ0) is 25.5. The highest BCUT2D eigenvalue weighted by Crippen LogP contribution is 2.30. The summed E-state index contributed by atoms with van der Waals surface area (Å²) < 4.78 is 34.5. The van der Waals surface area contributed by atoms with Gasteiger partial charge in [0.25, 0.3) is 15.9 Å². The fourth-order valence-corrected chi connectivity index (χ4v) is 5.60. The second-order valence-electron chi connectivity index (χ2n) is 8.56. The van der Waals surface area contributed by atoms with Gasteiger partial charge in [0, 0.05) is 12.1 Å². The van der Waals surface area contributed by atoms with Gasteiger partial charge in [0.2, 0.25) is 0 Å². The molecule has 0 atom stereocenters. The van der Waals surface area contributed by atoms with Crippen LogP contribution in [0.5, 0.6) is 5.75 Å². The van der Waals surface area contributed by atoms with E-state index in [0.717, 1.165) is 42.2 Å². The number of para-hydroxylation sites is 1. The number of sulfonamides is 1. The molecule has 0 radical (unpaired) electrons. The van der Waals surface area contributed by atoms with Crippen molar-refractivity contribution in [2.24, 2.45) is 0 Å². The number of ether oxygens (including phenoxy) is 1. The van der Waals surface area contributed by atoms with Crippen molar-refractivity contribution in [2.45, 2.75) is 24.2 Å². The lowest BCUT2D eigenvalue weighted by molar-refractivity contribution is -0.605. The van der Waals surface area contributed by atoms with Crippen molar-refractivity contribution < 1.29 is 22.7 Å². The minimum absolute atomic E-state index is 0. The lowest BCUT2D eigenvalue weighted by Gasteiger charge is -2.30. The van der Waals surface area contributed by atoms with Crippen molar-refractivity contribution >= 4 is 46.2 Å². The molecule has 196 valence electrons. The van der Waals surface area contributed by atoms with E-state index in [1.165, 1.54) is 31.6 Å². The summed E-state index contributed by atoms with van der Waals surface area (Å²) in [5, 5.41) is 11.3. The molecule has 1 fully saturated rings. The summed E-state index contributed by atoms with van der Waals surface area (Å²) in [5.74, 6) is 0.00594. The molecule has 0 spiro atoms. The molecule has 4 rings (SSSR count). The van der Waals surface area contributed by atoms with Crippen LogP contribution in [0.3, 0.4) is 0 Å². The average Bonchev–Trinajstić information content (AvgIpc) is 2.89. The molecule has 1 aromatic heterocycles. The van der Waals surface area contributed by atoms with Crippen LogP contribution < -0.4 is 13.8 Å². The van der Waals surface area contributed by atoms with Gasteiger partial charge in [-0.2, -0.15) is 4.73 Å². The molecule has 1 saturated heterocycles. The van der Waals surface area contributed by atoms with Crippen molar-refractivity contribution in [3.63, 3.8) is 0 Å². The number of carbonyl (C=O) groups excluding carboxylic acids is 1. The van der Waals surface area contributed by atoms with Crippen LogP contribution in [0, 0.1) is 5.21 Å². The molecule has 37 heavy (non-hydrogen) atoms. The Labute approximate surface area is 223 Å². The van der Waals surface area contributed by atoms with E-state index in [4.69, 9.17) is 4.74 Å². The summed E-state index contributed by atoms with van der Waals surface area (Å²) in [6.45, 7) is 1.53. The second kappa shape index (κ2) is 12.7. The third kappa shape index (κ3) is 6.88. The molecule has 10 heteroatoms. The molecule has 2 aromatic carbocycles. The SMILES string of the molecule is COc1ccc(S(=O)(=O)N(C(=O)CN2CCCCC2)c2ccccc2C=Cc2cc[n+]([O-])cc2)cc1.Cl. The fraction of sp³-hybridized carbons (Fsp3) is 0.259. The summed E-state index contributed by atoms with van der Waals surface area (Å²) in [4.78, 5) is 15.6. The van der Waals surface area contributed by atoms with Gasteiger partial charge in [-0.1, -0.05) is 36.8 Å². The third-order valence-electron chi connectivity index (χ3n) is 6.07. The topological polar surface area (TPSA) is 93.9 Å². The lowest BCUT2D eigenvalue weighted by atomic mass is 10.1. The predicted molar refractivity (Wildman–Crippen MR) is 146 cm³/mol. The molecule has 0 saturated carbocycles. The maximum Gasteiger partial charge on any atom is 0.270 e. The minimum Gasteiger partial charge on any atom is -0.619 e. The summed E-state index contributed by atoms with van der Waals surface area (Å²) >= 11 is 0. The summed E-state index contributed by atoms with van der Waals surface area (Å²) in [6, 6.07) is 16.2. The highest BCUT2D eigenvalue weighted by molar-refractivity contribution is 7.93. The van der Waals surface area contributed by atoms with Crippen molar-refractivity contribution in [1.82, 2.24) is 4.90 Å². The molecule has 8 nitrogen and oxygen atoms in total. The maximum atomic E-state index is 13.9. The lowest BCUT2D eigenvalue weighted by Crippen LogP contribution is -2.45. The van der Waals surface area contributed by atoms with Gasteiger partial charge in [-0.15, -0.1) is 12.4 Å². The van der Waals surface area contributed by atoms with Crippen molar-refractivity contribution in [3.05, 3.63) is 89.4 Å². The first-order valence-corrected chi connectivity index (χ1v) is 13.2. The van der Waals surface area contributed by atoms with E-state index in [0.29, 0.717) is 16.0 Å². The van der Waals surface area contributed by atoms with Crippen LogP contribution in [0.2, 0.25) is 0 Å². The number of anilines is 1. The number of piperidine rings is 1. The standard InChI is InChI=1S/C27H29N3O5S.ClH/c1-35-24-11-13-25(14-12-24)36(33,34)30(27(31)21-28-17-5-2-6-18-28)26-8-4-3-7-23(26)10-9-22-15-19-29(32)20-16-22;/h3-4,7-16,19-20H,2,5-6,17-18,21H2,1H3;1H. The van der Waals surface area contributed by atoms with E-state index in [-0.39, 0.29) is 29.5 Å². The van der Waals surface area contributed by atoms with E-state index in [1.807, 2.05) is 4.90 Å². The van der Waals surface area contributed by atoms with Crippen molar-refractivity contribution in [1.29, 1.82) is 0 Å². The van der Waals surface area contributed by atoms with Gasteiger partial charge in [-0.05, 0) is 67.4 Å². The van der Waals surface area contributed by atoms with Gasteiger partial charge >= 0.3 is 0 Å². The number of benzene rings is 2. The summed E-state index contributed by atoms with van der Waals surface area (Å²) in [6.07, 6.45) is 9.35. The number of carbonyl (C=O) groups is 1. The van der Waals surface area contributed by atoms with Gasteiger partial charge in [-0.3, -0.25) is 9.69 Å². The number of rotatable bonds is 8.